The quantitative estimate of drug-likeness (QED) is 0.818. The number of fused-ring (bicyclic) bond motifs is 1. The normalized spacial score (nSPS) is 14.7. The molecule has 0 saturated heterocycles. The second-order valence-electron chi connectivity index (χ2n) is 5.09. The molecule has 0 amide bonds. The zero-order valence-corrected chi connectivity index (χ0v) is 12.8. The fourth-order valence-electron chi connectivity index (χ4n) is 2.61. The van der Waals surface area contributed by atoms with Crippen LogP contribution in [0.15, 0.2) is 29.6 Å². The Labute approximate surface area is 119 Å². The van der Waals surface area contributed by atoms with Gasteiger partial charge in [0.15, 0.2) is 0 Å². The highest BCUT2D eigenvalue weighted by atomic mass is 32.1. The van der Waals surface area contributed by atoms with E-state index in [9.17, 15) is 0 Å². The van der Waals surface area contributed by atoms with Crippen LogP contribution in [0.25, 0.3) is 10.1 Å². The summed E-state index contributed by atoms with van der Waals surface area (Å²) in [6.07, 6.45) is 1.11. The molecule has 1 aromatic heterocycles. The van der Waals surface area contributed by atoms with Crippen LogP contribution in [0.5, 0.6) is 0 Å². The van der Waals surface area contributed by atoms with Gasteiger partial charge in [0.05, 0.1) is 0 Å². The van der Waals surface area contributed by atoms with E-state index in [0.717, 1.165) is 19.6 Å². The lowest BCUT2D eigenvalue weighted by Gasteiger charge is -2.22. The van der Waals surface area contributed by atoms with Crippen LogP contribution in [-0.4, -0.2) is 20.3 Å². The summed E-state index contributed by atoms with van der Waals surface area (Å²) in [4.78, 5) is 0. The van der Waals surface area contributed by atoms with E-state index in [1.165, 1.54) is 15.6 Å². The molecule has 3 heteroatoms. The number of hydrogen-bond acceptors (Lipinski definition) is 3. The maximum atomic E-state index is 5.27. The molecular formula is C16H23NOS. The SMILES string of the molecule is CCNC(CC(C)COC)c1cccc2ccsc12. The fourth-order valence-corrected chi connectivity index (χ4v) is 3.58. The van der Waals surface area contributed by atoms with Gasteiger partial charge in [-0.1, -0.05) is 32.0 Å². The molecule has 2 unspecified atom stereocenters. The van der Waals surface area contributed by atoms with Gasteiger partial charge in [-0.3, -0.25) is 0 Å². The Morgan fingerprint density at radius 1 is 1.32 bits per heavy atom. The Kier molecular flexibility index (Phi) is 5.37. The van der Waals surface area contributed by atoms with Crippen LogP contribution in [0, 0.1) is 5.92 Å². The van der Waals surface area contributed by atoms with Gasteiger partial charge in [-0.05, 0) is 41.3 Å². The standard InChI is InChI=1S/C16H23NOS/c1-4-17-15(10-12(2)11-18-3)14-7-5-6-13-8-9-19-16(13)14/h5-9,12,15,17H,4,10-11H2,1-3H3. The van der Waals surface area contributed by atoms with Crippen LogP contribution in [0.2, 0.25) is 0 Å². The number of benzene rings is 1. The molecule has 0 radical (unpaired) electrons. The van der Waals surface area contributed by atoms with Crippen molar-refractivity contribution in [3.63, 3.8) is 0 Å². The maximum Gasteiger partial charge on any atom is 0.0488 e. The zero-order valence-electron chi connectivity index (χ0n) is 12.0. The van der Waals surface area contributed by atoms with E-state index in [-0.39, 0.29) is 0 Å². The average molecular weight is 277 g/mol. The molecular weight excluding hydrogens is 254 g/mol. The first kappa shape index (κ1) is 14.5. The molecule has 0 spiro atoms. The third kappa shape index (κ3) is 3.56. The van der Waals surface area contributed by atoms with Gasteiger partial charge in [0, 0.05) is 24.5 Å². The van der Waals surface area contributed by atoms with Gasteiger partial charge in [-0.25, -0.2) is 0 Å². The van der Waals surface area contributed by atoms with E-state index in [4.69, 9.17) is 4.74 Å². The van der Waals surface area contributed by atoms with Crippen molar-refractivity contribution in [2.75, 3.05) is 20.3 Å². The Bertz CT molecular complexity index is 508. The Morgan fingerprint density at radius 2 is 2.16 bits per heavy atom. The van der Waals surface area contributed by atoms with Gasteiger partial charge in [-0.2, -0.15) is 0 Å². The number of methoxy groups -OCH3 is 1. The molecule has 104 valence electrons. The summed E-state index contributed by atoms with van der Waals surface area (Å²) < 4.78 is 6.68. The van der Waals surface area contributed by atoms with Crippen LogP contribution in [0.1, 0.15) is 31.9 Å². The number of ether oxygens (including phenoxy) is 1. The van der Waals surface area contributed by atoms with Gasteiger partial charge in [0.2, 0.25) is 0 Å². The highest BCUT2D eigenvalue weighted by Crippen LogP contribution is 2.31. The van der Waals surface area contributed by atoms with E-state index in [1.54, 1.807) is 7.11 Å². The van der Waals surface area contributed by atoms with E-state index >= 15 is 0 Å². The molecule has 19 heavy (non-hydrogen) atoms. The molecule has 0 aliphatic carbocycles. The molecule has 1 aromatic carbocycles. The number of thiophene rings is 1. The van der Waals surface area contributed by atoms with Crippen LogP contribution in [-0.2, 0) is 4.74 Å². The summed E-state index contributed by atoms with van der Waals surface area (Å²) in [5.74, 6) is 0.560. The summed E-state index contributed by atoms with van der Waals surface area (Å²) in [6.45, 7) is 6.24. The van der Waals surface area contributed by atoms with E-state index in [0.29, 0.717) is 12.0 Å². The molecule has 2 nitrogen and oxygen atoms in total. The second-order valence-corrected chi connectivity index (χ2v) is 6.01. The predicted molar refractivity (Wildman–Crippen MR) is 83.9 cm³/mol. The molecule has 0 saturated carbocycles. The first-order valence-electron chi connectivity index (χ1n) is 6.94. The zero-order chi connectivity index (χ0) is 13.7. The van der Waals surface area contributed by atoms with Crippen molar-refractivity contribution >= 4 is 21.4 Å². The van der Waals surface area contributed by atoms with Crippen LogP contribution in [0.4, 0.5) is 0 Å². The van der Waals surface area contributed by atoms with Crippen molar-refractivity contribution in [2.45, 2.75) is 26.3 Å². The largest absolute Gasteiger partial charge is 0.384 e. The minimum atomic E-state index is 0.414. The molecule has 0 fully saturated rings. The van der Waals surface area contributed by atoms with E-state index < -0.39 is 0 Å². The highest BCUT2D eigenvalue weighted by Gasteiger charge is 2.17. The lowest BCUT2D eigenvalue weighted by molar-refractivity contribution is 0.149. The van der Waals surface area contributed by atoms with Gasteiger partial charge >= 0.3 is 0 Å². The number of hydrogen-bond donors (Lipinski definition) is 1. The molecule has 2 rings (SSSR count). The van der Waals surface area contributed by atoms with Gasteiger partial charge in [0.25, 0.3) is 0 Å². The fraction of sp³-hybridized carbons (Fsp3) is 0.500. The number of nitrogens with one attached hydrogen (secondary N) is 1. The molecule has 0 bridgehead atoms. The van der Waals surface area contributed by atoms with Crippen molar-refractivity contribution in [3.8, 4) is 0 Å². The molecule has 1 N–H and O–H groups in total. The molecule has 0 aliphatic heterocycles. The van der Waals surface area contributed by atoms with Crippen molar-refractivity contribution in [3.05, 3.63) is 35.2 Å². The lowest BCUT2D eigenvalue weighted by atomic mass is 9.95. The van der Waals surface area contributed by atoms with Crippen molar-refractivity contribution in [1.29, 1.82) is 0 Å². The Morgan fingerprint density at radius 3 is 2.89 bits per heavy atom. The average Bonchev–Trinajstić information content (AvgIpc) is 2.86. The minimum Gasteiger partial charge on any atom is -0.384 e. The smallest absolute Gasteiger partial charge is 0.0488 e. The molecule has 1 heterocycles. The Hall–Kier alpha value is -0.900. The lowest BCUT2D eigenvalue weighted by Crippen LogP contribution is -2.24. The van der Waals surface area contributed by atoms with Crippen LogP contribution >= 0.6 is 11.3 Å². The second kappa shape index (κ2) is 7.04. The van der Waals surface area contributed by atoms with Crippen molar-refractivity contribution in [1.82, 2.24) is 5.32 Å². The van der Waals surface area contributed by atoms with Crippen molar-refractivity contribution in [2.24, 2.45) is 5.92 Å². The van der Waals surface area contributed by atoms with Gasteiger partial charge in [0.1, 0.15) is 0 Å². The summed E-state index contributed by atoms with van der Waals surface area (Å²) in [5.41, 5.74) is 1.43. The summed E-state index contributed by atoms with van der Waals surface area (Å²) in [5, 5.41) is 7.15. The van der Waals surface area contributed by atoms with Crippen LogP contribution < -0.4 is 5.32 Å². The summed E-state index contributed by atoms with van der Waals surface area (Å²) in [6, 6.07) is 9.22. The summed E-state index contributed by atoms with van der Waals surface area (Å²) in [7, 11) is 1.78. The predicted octanol–water partition coefficient (Wildman–Crippen LogP) is 4.22. The topological polar surface area (TPSA) is 21.3 Å². The summed E-state index contributed by atoms with van der Waals surface area (Å²) >= 11 is 1.84. The van der Waals surface area contributed by atoms with Crippen molar-refractivity contribution < 1.29 is 4.74 Å². The van der Waals surface area contributed by atoms with Gasteiger partial charge < -0.3 is 10.1 Å². The van der Waals surface area contributed by atoms with E-state index in [1.807, 2.05) is 11.3 Å². The van der Waals surface area contributed by atoms with Gasteiger partial charge in [-0.15, -0.1) is 11.3 Å². The molecule has 2 aromatic rings. The van der Waals surface area contributed by atoms with E-state index in [2.05, 4.69) is 48.8 Å². The minimum absolute atomic E-state index is 0.414. The molecule has 0 aliphatic rings. The first-order chi connectivity index (χ1) is 9.26. The Balaban J connectivity index is 2.25. The first-order valence-corrected chi connectivity index (χ1v) is 7.82. The highest BCUT2D eigenvalue weighted by molar-refractivity contribution is 7.17. The monoisotopic (exact) mass is 277 g/mol. The van der Waals surface area contributed by atoms with Crippen LogP contribution in [0.3, 0.4) is 0 Å². The third-order valence-electron chi connectivity index (χ3n) is 3.42. The molecule has 2 atom stereocenters. The maximum absolute atomic E-state index is 5.27. The number of rotatable bonds is 7. The third-order valence-corrected chi connectivity index (χ3v) is 4.40.